The average Bonchev–Trinajstić information content (AvgIpc) is 2.42. The van der Waals surface area contributed by atoms with Crippen LogP contribution in [0.15, 0.2) is 23.1 Å². The van der Waals surface area contributed by atoms with Crippen LogP contribution in [0.5, 0.6) is 0 Å². The number of hydrogen-bond acceptors (Lipinski definition) is 5. The summed E-state index contributed by atoms with van der Waals surface area (Å²) in [4.78, 5) is -0.0947. The maximum Gasteiger partial charge on any atom is 0.244 e. The van der Waals surface area contributed by atoms with Gasteiger partial charge in [0, 0.05) is 20.2 Å². The van der Waals surface area contributed by atoms with Crippen LogP contribution in [0.4, 0.5) is 0 Å². The van der Waals surface area contributed by atoms with E-state index in [0.717, 1.165) is 4.31 Å². The maximum absolute atomic E-state index is 12.4. The topological polar surface area (TPSA) is 90.6 Å². The number of nitrogens with zero attached hydrogens (tertiary/aromatic N) is 2. The number of sulfonamides is 1. The zero-order valence-corrected chi connectivity index (χ0v) is 12.5. The molecule has 0 unspecified atom stereocenters. The van der Waals surface area contributed by atoms with E-state index in [1.165, 1.54) is 25.3 Å². The lowest BCUT2D eigenvalue weighted by Gasteiger charge is -2.21. The Morgan fingerprint density at radius 1 is 1.45 bits per heavy atom. The van der Waals surface area contributed by atoms with Crippen molar-refractivity contribution in [2.45, 2.75) is 4.90 Å². The monoisotopic (exact) mass is 318 g/mol. The van der Waals surface area contributed by atoms with Crippen LogP contribution in [0.3, 0.4) is 0 Å². The summed E-state index contributed by atoms with van der Waals surface area (Å²) in [7, 11) is -2.38. The molecule has 0 aliphatic heterocycles. The number of hydrogen-bond donors (Lipinski definition) is 1. The lowest BCUT2D eigenvalue weighted by molar-refractivity contribution is 0.168. The molecule has 20 heavy (non-hydrogen) atoms. The summed E-state index contributed by atoms with van der Waals surface area (Å²) in [5, 5.41) is 17.7. The molecule has 8 heteroatoms. The Bertz CT molecular complexity index is 598. The quantitative estimate of drug-likeness (QED) is 0.804. The summed E-state index contributed by atoms with van der Waals surface area (Å²) < 4.78 is 30.8. The minimum absolute atomic E-state index is 0.0237. The first-order chi connectivity index (χ1) is 9.47. The zero-order chi connectivity index (χ0) is 15.2. The van der Waals surface area contributed by atoms with E-state index in [1.54, 1.807) is 0 Å². The number of benzene rings is 1. The third-order valence-electron chi connectivity index (χ3n) is 2.57. The van der Waals surface area contributed by atoms with Gasteiger partial charge in [-0.1, -0.05) is 11.6 Å². The van der Waals surface area contributed by atoms with Gasteiger partial charge in [0.25, 0.3) is 0 Å². The molecule has 0 saturated carbocycles. The molecule has 0 aliphatic carbocycles. The number of rotatable bonds is 7. The molecule has 0 bridgehead atoms. The van der Waals surface area contributed by atoms with Crippen LogP contribution in [0.2, 0.25) is 5.02 Å². The zero-order valence-electron chi connectivity index (χ0n) is 10.9. The predicted molar refractivity (Wildman–Crippen MR) is 73.9 cm³/mol. The van der Waals surface area contributed by atoms with E-state index in [9.17, 15) is 8.42 Å². The number of aliphatic hydroxyl groups excluding tert-OH is 1. The van der Waals surface area contributed by atoms with Gasteiger partial charge in [-0.05, 0) is 18.2 Å². The Labute approximate surface area is 123 Å². The third-order valence-corrected chi connectivity index (χ3v) is 4.95. The molecule has 0 aliphatic rings. The summed E-state index contributed by atoms with van der Waals surface area (Å²) in [5.74, 6) is 0. The number of ether oxygens (including phenoxy) is 1. The highest BCUT2D eigenvalue weighted by molar-refractivity contribution is 7.89. The molecular weight excluding hydrogens is 304 g/mol. The standard InChI is InChI=1S/C12H15ClN2O4S/c1-19-7-5-15(4-6-16)20(17,18)12-3-2-10(9-14)8-11(12)13/h2-3,8,16H,4-7H2,1H3. The smallest absolute Gasteiger partial charge is 0.244 e. The first kappa shape index (κ1) is 16.9. The Morgan fingerprint density at radius 3 is 2.65 bits per heavy atom. The second-order valence-corrected chi connectivity index (χ2v) is 6.19. The van der Waals surface area contributed by atoms with Gasteiger partial charge in [0.15, 0.2) is 0 Å². The molecule has 0 atom stereocenters. The largest absolute Gasteiger partial charge is 0.395 e. The fourth-order valence-corrected chi connectivity index (χ4v) is 3.51. The molecule has 110 valence electrons. The number of halogens is 1. The van der Waals surface area contributed by atoms with Gasteiger partial charge in [-0.15, -0.1) is 0 Å². The van der Waals surface area contributed by atoms with Crippen LogP contribution in [0.1, 0.15) is 5.56 Å². The van der Waals surface area contributed by atoms with E-state index in [1.807, 2.05) is 6.07 Å². The Morgan fingerprint density at radius 2 is 2.15 bits per heavy atom. The molecule has 0 amide bonds. The molecule has 1 N–H and O–H groups in total. The van der Waals surface area contributed by atoms with Crippen molar-refractivity contribution in [2.75, 3.05) is 33.4 Å². The lowest BCUT2D eigenvalue weighted by atomic mass is 10.2. The van der Waals surface area contributed by atoms with Gasteiger partial charge in [0.05, 0.1) is 29.9 Å². The van der Waals surface area contributed by atoms with Crippen LogP contribution in [0, 0.1) is 11.3 Å². The van der Waals surface area contributed by atoms with E-state index in [0.29, 0.717) is 0 Å². The van der Waals surface area contributed by atoms with Crippen LogP contribution < -0.4 is 0 Å². The molecular formula is C12H15ClN2O4S. The summed E-state index contributed by atoms with van der Waals surface area (Å²) in [6, 6.07) is 5.84. The van der Waals surface area contributed by atoms with Crippen LogP contribution in [-0.2, 0) is 14.8 Å². The molecule has 1 rings (SSSR count). The molecule has 0 spiro atoms. The summed E-state index contributed by atoms with van der Waals surface area (Å²) in [6.07, 6.45) is 0. The van der Waals surface area contributed by atoms with Crippen molar-refractivity contribution in [1.82, 2.24) is 4.31 Å². The Kier molecular flexibility index (Phi) is 6.39. The van der Waals surface area contributed by atoms with Crippen molar-refractivity contribution in [1.29, 1.82) is 5.26 Å². The minimum Gasteiger partial charge on any atom is -0.395 e. The van der Waals surface area contributed by atoms with E-state index in [2.05, 4.69) is 0 Å². The van der Waals surface area contributed by atoms with Crippen molar-refractivity contribution in [3.05, 3.63) is 28.8 Å². The summed E-state index contributed by atoms with van der Waals surface area (Å²) >= 11 is 5.92. The predicted octanol–water partition coefficient (Wildman–Crippen LogP) is 0.841. The van der Waals surface area contributed by atoms with Crippen LogP contribution in [-0.4, -0.2) is 51.2 Å². The first-order valence-electron chi connectivity index (χ1n) is 5.77. The van der Waals surface area contributed by atoms with Crippen LogP contribution >= 0.6 is 11.6 Å². The van der Waals surface area contributed by atoms with Gasteiger partial charge >= 0.3 is 0 Å². The van der Waals surface area contributed by atoms with Crippen molar-refractivity contribution in [2.24, 2.45) is 0 Å². The molecule has 0 aromatic heterocycles. The fraction of sp³-hybridized carbons (Fsp3) is 0.417. The normalized spacial score (nSPS) is 11.6. The van der Waals surface area contributed by atoms with E-state index >= 15 is 0 Å². The molecule has 6 nitrogen and oxygen atoms in total. The molecule has 0 saturated heterocycles. The highest BCUT2D eigenvalue weighted by atomic mass is 35.5. The minimum atomic E-state index is -3.84. The Balaban J connectivity index is 3.16. The van der Waals surface area contributed by atoms with Crippen molar-refractivity contribution in [3.8, 4) is 6.07 Å². The van der Waals surface area contributed by atoms with E-state index < -0.39 is 10.0 Å². The third kappa shape index (κ3) is 3.91. The number of aliphatic hydroxyl groups is 1. The van der Waals surface area contributed by atoms with Gasteiger partial charge in [0.2, 0.25) is 10.0 Å². The first-order valence-corrected chi connectivity index (χ1v) is 7.58. The van der Waals surface area contributed by atoms with Crippen molar-refractivity contribution < 1.29 is 18.3 Å². The van der Waals surface area contributed by atoms with Crippen LogP contribution in [0.25, 0.3) is 0 Å². The molecule has 1 aromatic rings. The second kappa shape index (κ2) is 7.57. The molecule has 0 radical (unpaired) electrons. The van der Waals surface area contributed by atoms with E-state index in [4.69, 9.17) is 26.7 Å². The maximum atomic E-state index is 12.4. The van der Waals surface area contributed by atoms with Crippen molar-refractivity contribution in [3.63, 3.8) is 0 Å². The second-order valence-electron chi connectivity index (χ2n) is 3.88. The van der Waals surface area contributed by atoms with Gasteiger partial charge in [0.1, 0.15) is 4.90 Å². The highest BCUT2D eigenvalue weighted by Crippen LogP contribution is 2.25. The van der Waals surface area contributed by atoms with E-state index in [-0.39, 0.29) is 41.8 Å². The van der Waals surface area contributed by atoms with Gasteiger partial charge in [-0.3, -0.25) is 0 Å². The number of nitriles is 1. The lowest BCUT2D eigenvalue weighted by Crippen LogP contribution is -2.36. The summed E-state index contributed by atoms with van der Waals surface area (Å²) in [6.45, 7) is -0.0539. The SMILES string of the molecule is COCCN(CCO)S(=O)(=O)c1ccc(C#N)cc1Cl. The fourth-order valence-electron chi connectivity index (χ4n) is 1.58. The average molecular weight is 319 g/mol. The Hall–Kier alpha value is -1.17. The summed E-state index contributed by atoms with van der Waals surface area (Å²) in [5.41, 5.74) is 0.277. The van der Waals surface area contributed by atoms with Gasteiger partial charge in [-0.25, -0.2) is 8.42 Å². The van der Waals surface area contributed by atoms with Gasteiger partial charge in [-0.2, -0.15) is 9.57 Å². The van der Waals surface area contributed by atoms with Crippen molar-refractivity contribution >= 4 is 21.6 Å². The molecule has 0 heterocycles. The highest BCUT2D eigenvalue weighted by Gasteiger charge is 2.26. The molecule has 0 fully saturated rings. The van der Waals surface area contributed by atoms with Gasteiger partial charge < -0.3 is 9.84 Å². The number of methoxy groups -OCH3 is 1. The molecule has 1 aromatic carbocycles.